The molecule has 8 heteroatoms. The molecule has 0 bridgehead atoms. The van der Waals surface area contributed by atoms with Crippen LogP contribution >= 0.6 is 24.0 Å². The number of aliphatic imine (C=N–C) groups is 1. The van der Waals surface area contributed by atoms with Crippen LogP contribution in [0.15, 0.2) is 53.5 Å². The second-order valence-electron chi connectivity index (χ2n) is 8.07. The van der Waals surface area contributed by atoms with E-state index in [0.29, 0.717) is 18.7 Å². The SMILES string of the molecule is CCNC(=NCc1cccc(OCCN(C)C)c1)NCCc1cccc(C(=O)N(C)C)c1.I. The van der Waals surface area contributed by atoms with Crippen LogP contribution in [0, 0.1) is 0 Å². The molecule has 0 spiro atoms. The van der Waals surface area contributed by atoms with Crippen molar-refractivity contribution >= 4 is 35.8 Å². The van der Waals surface area contributed by atoms with Crippen LogP contribution in [0.2, 0.25) is 0 Å². The van der Waals surface area contributed by atoms with Gasteiger partial charge in [-0.25, -0.2) is 4.99 Å². The Morgan fingerprint density at radius 2 is 1.73 bits per heavy atom. The van der Waals surface area contributed by atoms with Gasteiger partial charge in [-0.3, -0.25) is 4.79 Å². The molecule has 2 aromatic carbocycles. The third kappa shape index (κ3) is 10.9. The number of carbonyl (C=O) groups excluding carboxylic acids is 1. The number of carbonyl (C=O) groups is 1. The molecule has 0 aliphatic carbocycles. The quantitative estimate of drug-likeness (QED) is 0.248. The average molecular weight is 568 g/mol. The summed E-state index contributed by atoms with van der Waals surface area (Å²) in [7, 11) is 7.59. The van der Waals surface area contributed by atoms with E-state index in [-0.39, 0.29) is 29.9 Å². The second kappa shape index (κ2) is 15.5. The molecule has 0 saturated carbocycles. The van der Waals surface area contributed by atoms with Crippen LogP contribution in [0.4, 0.5) is 0 Å². The van der Waals surface area contributed by atoms with Crippen LogP contribution in [0.5, 0.6) is 5.75 Å². The zero-order valence-electron chi connectivity index (χ0n) is 20.4. The third-order valence-electron chi connectivity index (χ3n) is 4.76. The first-order valence-electron chi connectivity index (χ1n) is 11.1. The standard InChI is InChI=1S/C25H37N5O2.HI/c1-6-26-25(27-14-13-20-9-7-11-22(17-20)24(31)30(4)5)28-19-21-10-8-12-23(18-21)32-16-15-29(2)3;/h7-12,17-18H,6,13-16,19H2,1-5H3,(H2,26,27,28);1H. The summed E-state index contributed by atoms with van der Waals surface area (Å²) < 4.78 is 5.82. The second-order valence-corrected chi connectivity index (χ2v) is 8.07. The Morgan fingerprint density at radius 3 is 2.42 bits per heavy atom. The van der Waals surface area contributed by atoms with Crippen molar-refractivity contribution in [3.05, 3.63) is 65.2 Å². The summed E-state index contributed by atoms with van der Waals surface area (Å²) in [5.41, 5.74) is 2.92. The Bertz CT molecular complexity index is 887. The maximum absolute atomic E-state index is 12.2. The highest BCUT2D eigenvalue weighted by Gasteiger charge is 2.08. The highest BCUT2D eigenvalue weighted by Crippen LogP contribution is 2.14. The molecule has 0 heterocycles. The molecule has 33 heavy (non-hydrogen) atoms. The number of halogens is 1. The summed E-state index contributed by atoms with van der Waals surface area (Å²) in [6.45, 7) is 5.65. The van der Waals surface area contributed by atoms with Gasteiger partial charge in [0.05, 0.1) is 6.54 Å². The Hall–Kier alpha value is -2.33. The van der Waals surface area contributed by atoms with Crippen LogP contribution in [0.1, 0.15) is 28.4 Å². The maximum atomic E-state index is 12.2. The molecule has 0 radical (unpaired) electrons. The van der Waals surface area contributed by atoms with Gasteiger partial charge in [-0.1, -0.05) is 24.3 Å². The smallest absolute Gasteiger partial charge is 0.253 e. The molecule has 0 fully saturated rings. The minimum Gasteiger partial charge on any atom is -0.492 e. The van der Waals surface area contributed by atoms with Crippen molar-refractivity contribution in [3.63, 3.8) is 0 Å². The monoisotopic (exact) mass is 567 g/mol. The van der Waals surface area contributed by atoms with Gasteiger partial charge in [-0.15, -0.1) is 24.0 Å². The van der Waals surface area contributed by atoms with E-state index in [1.807, 2.05) is 63.5 Å². The largest absolute Gasteiger partial charge is 0.492 e. The van der Waals surface area contributed by atoms with E-state index in [2.05, 4.69) is 21.6 Å². The molecular formula is C25H38IN5O2. The van der Waals surface area contributed by atoms with Crippen LogP contribution < -0.4 is 15.4 Å². The summed E-state index contributed by atoms with van der Waals surface area (Å²) in [5.74, 6) is 1.65. The van der Waals surface area contributed by atoms with E-state index >= 15 is 0 Å². The lowest BCUT2D eigenvalue weighted by Gasteiger charge is -2.13. The highest BCUT2D eigenvalue weighted by molar-refractivity contribution is 14.0. The number of rotatable bonds is 11. The van der Waals surface area contributed by atoms with E-state index in [1.165, 1.54) is 0 Å². The normalized spacial score (nSPS) is 11.0. The first kappa shape index (κ1) is 28.7. The average Bonchev–Trinajstić information content (AvgIpc) is 2.77. The van der Waals surface area contributed by atoms with Crippen molar-refractivity contribution in [2.75, 3.05) is 54.4 Å². The topological polar surface area (TPSA) is 69.2 Å². The van der Waals surface area contributed by atoms with Gasteiger partial charge in [0.2, 0.25) is 0 Å². The molecule has 2 aromatic rings. The van der Waals surface area contributed by atoms with Crippen molar-refractivity contribution in [2.24, 2.45) is 4.99 Å². The van der Waals surface area contributed by atoms with Crippen LogP contribution in [0.25, 0.3) is 0 Å². The van der Waals surface area contributed by atoms with Crippen molar-refractivity contribution in [3.8, 4) is 5.75 Å². The number of nitrogens with zero attached hydrogens (tertiary/aromatic N) is 3. The predicted octanol–water partition coefficient (Wildman–Crippen LogP) is 3.24. The van der Waals surface area contributed by atoms with Crippen molar-refractivity contribution in [1.29, 1.82) is 0 Å². The Kier molecular flexibility index (Phi) is 13.5. The van der Waals surface area contributed by atoms with Gasteiger partial charge < -0.3 is 25.2 Å². The fourth-order valence-corrected chi connectivity index (χ4v) is 3.04. The van der Waals surface area contributed by atoms with Gasteiger partial charge in [-0.2, -0.15) is 0 Å². The number of amides is 1. The van der Waals surface area contributed by atoms with Gasteiger partial charge in [-0.05, 0) is 62.8 Å². The first-order chi connectivity index (χ1) is 15.4. The molecule has 0 aromatic heterocycles. The van der Waals surface area contributed by atoms with Crippen molar-refractivity contribution < 1.29 is 9.53 Å². The van der Waals surface area contributed by atoms with Gasteiger partial charge in [0.1, 0.15) is 12.4 Å². The summed E-state index contributed by atoms with van der Waals surface area (Å²) in [5, 5.41) is 6.67. The van der Waals surface area contributed by atoms with E-state index in [1.54, 1.807) is 19.0 Å². The summed E-state index contributed by atoms with van der Waals surface area (Å²) in [6, 6.07) is 15.8. The van der Waals surface area contributed by atoms with Crippen molar-refractivity contribution in [1.82, 2.24) is 20.4 Å². The van der Waals surface area contributed by atoms with E-state index in [0.717, 1.165) is 48.9 Å². The summed E-state index contributed by atoms with van der Waals surface area (Å²) >= 11 is 0. The Labute approximate surface area is 215 Å². The Balaban J connectivity index is 0.00000544. The molecule has 0 aliphatic rings. The first-order valence-corrected chi connectivity index (χ1v) is 11.1. The zero-order valence-corrected chi connectivity index (χ0v) is 22.8. The lowest BCUT2D eigenvalue weighted by molar-refractivity contribution is 0.0827. The molecule has 2 rings (SSSR count). The van der Waals surface area contributed by atoms with Gasteiger partial charge in [0, 0.05) is 39.3 Å². The minimum atomic E-state index is 0. The molecule has 7 nitrogen and oxygen atoms in total. The molecular weight excluding hydrogens is 529 g/mol. The molecule has 0 aliphatic heterocycles. The maximum Gasteiger partial charge on any atom is 0.253 e. The number of hydrogen-bond donors (Lipinski definition) is 2. The van der Waals surface area contributed by atoms with E-state index in [4.69, 9.17) is 9.73 Å². The fourth-order valence-electron chi connectivity index (χ4n) is 3.04. The number of guanidine groups is 1. The van der Waals surface area contributed by atoms with Gasteiger partial charge in [0.25, 0.3) is 5.91 Å². The minimum absolute atomic E-state index is 0. The molecule has 2 N–H and O–H groups in total. The number of ether oxygens (including phenoxy) is 1. The summed E-state index contributed by atoms with van der Waals surface area (Å²) in [6.07, 6.45) is 0.800. The Morgan fingerprint density at radius 1 is 1.00 bits per heavy atom. The van der Waals surface area contributed by atoms with E-state index < -0.39 is 0 Å². The van der Waals surface area contributed by atoms with Gasteiger partial charge >= 0.3 is 0 Å². The summed E-state index contributed by atoms with van der Waals surface area (Å²) in [4.78, 5) is 20.6. The molecule has 0 unspecified atom stereocenters. The third-order valence-corrected chi connectivity index (χ3v) is 4.76. The number of nitrogens with one attached hydrogen (secondary N) is 2. The number of hydrogen-bond acceptors (Lipinski definition) is 4. The fraction of sp³-hybridized carbons (Fsp3) is 0.440. The lowest BCUT2D eigenvalue weighted by atomic mass is 10.1. The number of benzene rings is 2. The zero-order chi connectivity index (χ0) is 23.3. The predicted molar refractivity (Wildman–Crippen MR) is 147 cm³/mol. The molecule has 1 amide bonds. The molecule has 182 valence electrons. The van der Waals surface area contributed by atoms with Crippen LogP contribution in [-0.4, -0.2) is 76.1 Å². The molecule has 0 saturated heterocycles. The molecule has 0 atom stereocenters. The van der Waals surface area contributed by atoms with E-state index in [9.17, 15) is 4.79 Å². The van der Waals surface area contributed by atoms with Gasteiger partial charge in [0.15, 0.2) is 5.96 Å². The lowest BCUT2D eigenvalue weighted by Crippen LogP contribution is -2.38. The highest BCUT2D eigenvalue weighted by atomic mass is 127. The van der Waals surface area contributed by atoms with Crippen LogP contribution in [0.3, 0.4) is 0 Å². The van der Waals surface area contributed by atoms with Crippen LogP contribution in [-0.2, 0) is 13.0 Å². The van der Waals surface area contributed by atoms with Crippen molar-refractivity contribution in [2.45, 2.75) is 19.9 Å². The number of likely N-dealkylation sites (N-methyl/N-ethyl adjacent to an activating group) is 1.